The van der Waals surface area contributed by atoms with Crippen LogP contribution in [0.3, 0.4) is 0 Å². The van der Waals surface area contributed by atoms with Crippen LogP contribution in [0.5, 0.6) is 0 Å². The van der Waals surface area contributed by atoms with Gasteiger partial charge in [0.2, 0.25) is 0 Å². The summed E-state index contributed by atoms with van der Waals surface area (Å²) < 4.78 is 2.33. The number of fused-ring (bicyclic) bond motifs is 1. The predicted molar refractivity (Wildman–Crippen MR) is 96.8 cm³/mol. The van der Waals surface area contributed by atoms with Crippen molar-refractivity contribution in [3.05, 3.63) is 40.9 Å². The van der Waals surface area contributed by atoms with Crippen molar-refractivity contribution >= 4 is 40.2 Å². The summed E-state index contributed by atoms with van der Waals surface area (Å²) in [6, 6.07) is 6.14. The van der Waals surface area contributed by atoms with Gasteiger partial charge in [-0.1, -0.05) is 31.7 Å². The van der Waals surface area contributed by atoms with Gasteiger partial charge in [-0.25, -0.2) is 0 Å². The van der Waals surface area contributed by atoms with Crippen molar-refractivity contribution in [2.45, 2.75) is 35.1 Å². The molecular formula is C17H16N2OS3. The zero-order chi connectivity index (χ0) is 16.0. The van der Waals surface area contributed by atoms with Crippen molar-refractivity contribution in [1.82, 2.24) is 10.2 Å². The molecule has 1 aliphatic rings. The number of rotatable bonds is 3. The fraction of sp³-hybridized carbons (Fsp3) is 0.294. The molecule has 3 nitrogen and oxygen atoms in total. The molecule has 0 radical (unpaired) electrons. The smallest absolute Gasteiger partial charge is 0.165 e. The highest BCUT2D eigenvalue weighted by atomic mass is 32.2. The van der Waals surface area contributed by atoms with Gasteiger partial charge in [-0.15, -0.1) is 22.7 Å². The van der Waals surface area contributed by atoms with Crippen LogP contribution in [0.25, 0.3) is 10.6 Å². The van der Waals surface area contributed by atoms with Gasteiger partial charge in [0.25, 0.3) is 0 Å². The second-order valence-electron chi connectivity index (χ2n) is 6.51. The summed E-state index contributed by atoms with van der Waals surface area (Å²) in [5.41, 5.74) is 3.07. The van der Waals surface area contributed by atoms with Crippen molar-refractivity contribution in [2.75, 3.05) is 0 Å². The first-order valence-corrected chi connectivity index (χ1v) is 9.95. The number of nitrogens with zero attached hydrogens (tertiary/aromatic N) is 1. The largest absolute Gasteiger partial charge is 0.294 e. The average molecular weight is 361 g/mol. The summed E-state index contributed by atoms with van der Waals surface area (Å²) >= 11 is 5.12. The number of hydrogen-bond acceptors (Lipinski definition) is 5. The molecule has 0 saturated heterocycles. The van der Waals surface area contributed by atoms with Gasteiger partial charge in [0.1, 0.15) is 5.69 Å². The minimum Gasteiger partial charge on any atom is -0.294 e. The lowest BCUT2D eigenvalue weighted by Crippen LogP contribution is -2.26. The molecule has 1 aliphatic carbocycles. The Bertz CT molecular complexity index is 845. The Morgan fingerprint density at radius 2 is 2.17 bits per heavy atom. The van der Waals surface area contributed by atoms with E-state index in [1.54, 1.807) is 34.4 Å². The first-order valence-electron chi connectivity index (χ1n) is 7.44. The summed E-state index contributed by atoms with van der Waals surface area (Å²) in [6.07, 6.45) is 3.38. The molecule has 3 aromatic heterocycles. The summed E-state index contributed by atoms with van der Waals surface area (Å²) in [5, 5.41) is 9.31. The monoisotopic (exact) mass is 360 g/mol. The van der Waals surface area contributed by atoms with Gasteiger partial charge in [0.05, 0.1) is 13.3 Å². The summed E-state index contributed by atoms with van der Waals surface area (Å²) in [6.45, 7) is 4.35. The van der Waals surface area contributed by atoms with E-state index in [0.29, 0.717) is 6.42 Å². The van der Waals surface area contributed by atoms with Crippen LogP contribution in [0.15, 0.2) is 38.2 Å². The maximum absolute atomic E-state index is 12.8. The normalized spacial score (nSPS) is 16.5. The summed E-state index contributed by atoms with van der Waals surface area (Å²) in [4.78, 5) is 13.9. The first kappa shape index (κ1) is 15.2. The summed E-state index contributed by atoms with van der Waals surface area (Å²) in [5.74, 6) is 0.272. The highest BCUT2D eigenvalue weighted by molar-refractivity contribution is 8.03. The molecule has 0 atom stereocenters. The van der Waals surface area contributed by atoms with Crippen molar-refractivity contribution in [1.29, 1.82) is 0 Å². The number of Topliss-reactive ketones (excluding diaryl/α,β-unsaturated/α-hetero) is 1. The minimum absolute atomic E-state index is 0.0150. The van der Waals surface area contributed by atoms with Crippen LogP contribution in [-0.4, -0.2) is 16.0 Å². The quantitative estimate of drug-likeness (QED) is 0.670. The van der Waals surface area contributed by atoms with E-state index in [-0.39, 0.29) is 11.2 Å². The molecule has 0 aliphatic heterocycles. The van der Waals surface area contributed by atoms with E-state index >= 15 is 0 Å². The molecule has 0 spiro atoms. The Hall–Kier alpha value is -1.37. The lowest BCUT2D eigenvalue weighted by Gasteiger charge is -2.29. The van der Waals surface area contributed by atoms with E-state index in [0.717, 1.165) is 26.8 Å². The fourth-order valence-electron chi connectivity index (χ4n) is 3.04. The van der Waals surface area contributed by atoms with E-state index in [4.69, 9.17) is 0 Å². The minimum atomic E-state index is 0.0150. The number of carbonyl (C=O) groups excluding carboxylic acids is 1. The maximum atomic E-state index is 12.8. The molecule has 0 aromatic carbocycles. The summed E-state index contributed by atoms with van der Waals surface area (Å²) in [7, 11) is 0. The Morgan fingerprint density at radius 1 is 1.30 bits per heavy atom. The fourth-order valence-corrected chi connectivity index (χ4v) is 6.65. The molecule has 118 valence electrons. The Labute approximate surface area is 147 Å². The number of thiophene rings is 2. The Balaban J connectivity index is 1.86. The molecular weight excluding hydrogens is 344 g/mol. The number of hydrogen-bond donors (Lipinski definition) is 1. The predicted octanol–water partition coefficient (Wildman–Crippen LogP) is 5.51. The zero-order valence-corrected chi connectivity index (χ0v) is 15.3. The van der Waals surface area contributed by atoms with Gasteiger partial charge in [-0.05, 0) is 34.9 Å². The van der Waals surface area contributed by atoms with Crippen molar-refractivity contribution in [3.8, 4) is 10.6 Å². The van der Waals surface area contributed by atoms with Gasteiger partial charge in [-0.2, -0.15) is 5.10 Å². The topological polar surface area (TPSA) is 45.8 Å². The molecule has 0 unspecified atom stereocenters. The number of carbonyl (C=O) groups is 1. The molecule has 23 heavy (non-hydrogen) atoms. The van der Waals surface area contributed by atoms with E-state index in [2.05, 4.69) is 35.5 Å². The van der Waals surface area contributed by atoms with Crippen LogP contribution in [0.2, 0.25) is 0 Å². The van der Waals surface area contributed by atoms with Crippen LogP contribution >= 0.6 is 34.4 Å². The van der Waals surface area contributed by atoms with Crippen LogP contribution < -0.4 is 0 Å². The second kappa shape index (κ2) is 5.61. The van der Waals surface area contributed by atoms with E-state index in [1.165, 1.54) is 9.77 Å². The van der Waals surface area contributed by atoms with Gasteiger partial charge >= 0.3 is 0 Å². The molecule has 0 saturated carbocycles. The van der Waals surface area contributed by atoms with E-state index in [9.17, 15) is 4.79 Å². The third-order valence-corrected chi connectivity index (χ3v) is 7.45. The molecule has 0 fully saturated rings. The number of aromatic nitrogens is 2. The van der Waals surface area contributed by atoms with Crippen LogP contribution in [0, 0.1) is 5.41 Å². The van der Waals surface area contributed by atoms with E-state index in [1.807, 2.05) is 18.3 Å². The lowest BCUT2D eigenvalue weighted by molar-refractivity contribution is 0.0910. The van der Waals surface area contributed by atoms with Crippen LogP contribution in [0.4, 0.5) is 0 Å². The maximum Gasteiger partial charge on any atom is 0.165 e. The van der Waals surface area contributed by atoms with Crippen LogP contribution in [0.1, 0.15) is 36.2 Å². The van der Waals surface area contributed by atoms with Crippen molar-refractivity contribution in [2.24, 2.45) is 5.41 Å². The number of aromatic amines is 1. The first-order chi connectivity index (χ1) is 11.0. The molecule has 3 aromatic rings. The highest BCUT2D eigenvalue weighted by Crippen LogP contribution is 2.50. The third kappa shape index (κ3) is 2.79. The molecule has 3 heterocycles. The number of ketones is 1. The Kier molecular flexibility index (Phi) is 3.70. The third-order valence-electron chi connectivity index (χ3n) is 3.97. The van der Waals surface area contributed by atoms with Gasteiger partial charge in [0, 0.05) is 18.2 Å². The molecule has 6 heteroatoms. The SMILES string of the molecule is CC1(C)CC(=O)c2c(Sc3cccs3)sc(-c3cc[nH]n3)c2C1. The van der Waals surface area contributed by atoms with Crippen molar-refractivity contribution < 1.29 is 4.79 Å². The second-order valence-corrected chi connectivity index (χ2v) is 10.0. The van der Waals surface area contributed by atoms with Crippen molar-refractivity contribution in [3.63, 3.8) is 0 Å². The highest BCUT2D eigenvalue weighted by Gasteiger charge is 2.36. The Morgan fingerprint density at radius 3 is 2.87 bits per heavy atom. The average Bonchev–Trinajstić information content (AvgIpc) is 3.18. The van der Waals surface area contributed by atoms with Crippen LogP contribution in [-0.2, 0) is 6.42 Å². The lowest BCUT2D eigenvalue weighted by atomic mass is 9.74. The van der Waals surface area contributed by atoms with Gasteiger partial charge in [0.15, 0.2) is 5.78 Å². The molecule has 1 N–H and O–H groups in total. The standard InChI is InChI=1S/C17H16N2OS3/c1-17(2)8-10-14(12(20)9-17)16(22-13-4-3-7-21-13)23-15(10)11-5-6-18-19-11/h3-7H,8-9H2,1-2H3,(H,18,19). The zero-order valence-electron chi connectivity index (χ0n) is 12.9. The molecule has 4 rings (SSSR count). The molecule has 0 bridgehead atoms. The van der Waals surface area contributed by atoms with E-state index < -0.39 is 0 Å². The molecule has 0 amide bonds. The van der Waals surface area contributed by atoms with Gasteiger partial charge in [-0.3, -0.25) is 9.89 Å². The van der Waals surface area contributed by atoms with Gasteiger partial charge < -0.3 is 0 Å². The number of nitrogens with one attached hydrogen (secondary N) is 1. The number of H-pyrrole nitrogens is 1.